The minimum absolute atomic E-state index is 0.192. The Morgan fingerprint density at radius 1 is 1.21 bits per heavy atom. The summed E-state index contributed by atoms with van der Waals surface area (Å²) >= 11 is 0. The Labute approximate surface area is 113 Å². The van der Waals surface area contributed by atoms with E-state index in [9.17, 15) is 4.39 Å². The van der Waals surface area contributed by atoms with Crippen molar-refractivity contribution in [1.82, 2.24) is 15.1 Å². The Morgan fingerprint density at radius 2 is 1.95 bits per heavy atom. The molecule has 0 radical (unpaired) electrons. The molecule has 1 unspecified atom stereocenters. The molecule has 1 aromatic carbocycles. The van der Waals surface area contributed by atoms with Gasteiger partial charge in [-0.3, -0.25) is 4.68 Å². The zero-order valence-electron chi connectivity index (χ0n) is 11.4. The molecule has 3 nitrogen and oxygen atoms in total. The molecule has 1 heterocycles. The molecule has 1 aromatic heterocycles. The van der Waals surface area contributed by atoms with Crippen LogP contribution in [0.1, 0.15) is 31.1 Å². The lowest BCUT2D eigenvalue weighted by Crippen LogP contribution is -2.25. The summed E-state index contributed by atoms with van der Waals surface area (Å²) in [6, 6.07) is 8.95. The molecule has 1 N–H and O–H groups in total. The molecule has 0 fully saturated rings. The molecule has 4 heteroatoms. The van der Waals surface area contributed by atoms with Crippen LogP contribution in [0.25, 0.3) is 0 Å². The second-order valence-electron chi connectivity index (χ2n) is 4.51. The maximum Gasteiger partial charge on any atom is 0.123 e. The maximum atomic E-state index is 12.9. The highest BCUT2D eigenvalue weighted by Gasteiger charge is 2.15. The van der Waals surface area contributed by atoms with Crippen molar-refractivity contribution in [3.8, 4) is 0 Å². The van der Waals surface area contributed by atoms with Crippen LogP contribution in [0.5, 0.6) is 0 Å². The molecule has 0 saturated carbocycles. The standard InChI is InChI=1S/C15H20FN3/c1-3-17-14(15-9-10-18-19(15)4-2)11-12-5-7-13(16)8-6-12/h5-10,14,17H,3-4,11H2,1-2H3. The van der Waals surface area contributed by atoms with Gasteiger partial charge in [-0.15, -0.1) is 0 Å². The van der Waals surface area contributed by atoms with E-state index in [4.69, 9.17) is 0 Å². The van der Waals surface area contributed by atoms with Crippen molar-refractivity contribution in [2.75, 3.05) is 6.54 Å². The highest BCUT2D eigenvalue weighted by Crippen LogP contribution is 2.18. The van der Waals surface area contributed by atoms with Crippen LogP contribution in [0, 0.1) is 5.82 Å². The van der Waals surface area contributed by atoms with E-state index in [1.807, 2.05) is 29.1 Å². The smallest absolute Gasteiger partial charge is 0.123 e. The first-order chi connectivity index (χ1) is 9.24. The molecule has 2 aromatic rings. The molecule has 0 saturated heterocycles. The van der Waals surface area contributed by atoms with Crippen molar-refractivity contribution in [3.05, 3.63) is 53.6 Å². The van der Waals surface area contributed by atoms with Crippen LogP contribution in [0.4, 0.5) is 4.39 Å². The number of nitrogens with zero attached hydrogens (tertiary/aromatic N) is 2. The second-order valence-corrected chi connectivity index (χ2v) is 4.51. The Bertz CT molecular complexity index is 504. The van der Waals surface area contributed by atoms with E-state index in [1.165, 1.54) is 17.8 Å². The third-order valence-corrected chi connectivity index (χ3v) is 3.21. The fourth-order valence-corrected chi connectivity index (χ4v) is 2.29. The van der Waals surface area contributed by atoms with E-state index >= 15 is 0 Å². The Morgan fingerprint density at radius 3 is 2.58 bits per heavy atom. The minimum Gasteiger partial charge on any atom is -0.309 e. The van der Waals surface area contributed by atoms with Crippen molar-refractivity contribution >= 4 is 0 Å². The lowest BCUT2D eigenvalue weighted by molar-refractivity contribution is 0.490. The van der Waals surface area contributed by atoms with Gasteiger partial charge in [-0.2, -0.15) is 5.10 Å². The monoisotopic (exact) mass is 261 g/mol. The van der Waals surface area contributed by atoms with Crippen LogP contribution in [-0.2, 0) is 13.0 Å². The van der Waals surface area contributed by atoms with Gasteiger partial charge < -0.3 is 5.32 Å². The summed E-state index contributed by atoms with van der Waals surface area (Å²) in [5.41, 5.74) is 2.30. The number of rotatable bonds is 6. The van der Waals surface area contributed by atoms with E-state index in [0.29, 0.717) is 0 Å². The van der Waals surface area contributed by atoms with Gasteiger partial charge in [0, 0.05) is 12.7 Å². The summed E-state index contributed by atoms with van der Waals surface area (Å²) in [6.45, 7) is 5.91. The van der Waals surface area contributed by atoms with Crippen LogP contribution < -0.4 is 5.32 Å². The van der Waals surface area contributed by atoms with Crippen LogP contribution >= 0.6 is 0 Å². The Balaban J connectivity index is 2.18. The van der Waals surface area contributed by atoms with Gasteiger partial charge >= 0.3 is 0 Å². The highest BCUT2D eigenvalue weighted by molar-refractivity contribution is 5.20. The minimum atomic E-state index is -0.192. The number of nitrogens with one attached hydrogen (secondary N) is 1. The van der Waals surface area contributed by atoms with Crippen LogP contribution in [-0.4, -0.2) is 16.3 Å². The van der Waals surface area contributed by atoms with E-state index in [2.05, 4.69) is 24.3 Å². The number of hydrogen-bond acceptors (Lipinski definition) is 2. The normalized spacial score (nSPS) is 12.6. The van der Waals surface area contributed by atoms with Gasteiger partial charge in [0.05, 0.1) is 11.7 Å². The maximum absolute atomic E-state index is 12.9. The SMILES string of the molecule is CCNC(Cc1ccc(F)cc1)c1ccnn1CC. The van der Waals surface area contributed by atoms with Crippen molar-refractivity contribution in [2.45, 2.75) is 32.9 Å². The third kappa shape index (κ3) is 3.41. The fourth-order valence-electron chi connectivity index (χ4n) is 2.29. The quantitative estimate of drug-likeness (QED) is 0.866. The van der Waals surface area contributed by atoms with Gasteiger partial charge in [-0.25, -0.2) is 4.39 Å². The molecule has 0 amide bonds. The molecule has 0 aliphatic rings. The topological polar surface area (TPSA) is 29.9 Å². The molecule has 2 rings (SSSR count). The van der Waals surface area contributed by atoms with Crippen molar-refractivity contribution in [2.24, 2.45) is 0 Å². The highest BCUT2D eigenvalue weighted by atomic mass is 19.1. The van der Waals surface area contributed by atoms with Gasteiger partial charge in [0.1, 0.15) is 5.82 Å². The van der Waals surface area contributed by atoms with Crippen LogP contribution in [0.2, 0.25) is 0 Å². The number of halogens is 1. The van der Waals surface area contributed by atoms with Gasteiger partial charge in [0.25, 0.3) is 0 Å². The predicted octanol–water partition coefficient (Wildman–Crippen LogP) is 2.94. The average Bonchev–Trinajstić information content (AvgIpc) is 2.89. The summed E-state index contributed by atoms with van der Waals surface area (Å²) in [6.07, 6.45) is 2.66. The fraction of sp³-hybridized carbons (Fsp3) is 0.400. The number of aryl methyl sites for hydroxylation is 1. The second kappa shape index (κ2) is 6.48. The molecule has 19 heavy (non-hydrogen) atoms. The molecule has 102 valence electrons. The molecular weight excluding hydrogens is 241 g/mol. The van der Waals surface area contributed by atoms with Crippen LogP contribution in [0.3, 0.4) is 0 Å². The number of benzene rings is 1. The molecule has 1 atom stereocenters. The van der Waals surface area contributed by atoms with E-state index in [-0.39, 0.29) is 11.9 Å². The first-order valence-electron chi connectivity index (χ1n) is 6.74. The molecule has 0 aliphatic heterocycles. The number of aromatic nitrogens is 2. The summed E-state index contributed by atoms with van der Waals surface area (Å²) in [5.74, 6) is -0.192. The molecular formula is C15H20FN3. The Hall–Kier alpha value is -1.68. The van der Waals surface area contributed by atoms with Gasteiger partial charge in [0.15, 0.2) is 0 Å². The van der Waals surface area contributed by atoms with Crippen molar-refractivity contribution < 1.29 is 4.39 Å². The van der Waals surface area contributed by atoms with E-state index in [0.717, 1.165) is 25.1 Å². The van der Waals surface area contributed by atoms with E-state index in [1.54, 1.807) is 0 Å². The molecule has 0 aliphatic carbocycles. The first-order valence-corrected chi connectivity index (χ1v) is 6.74. The first kappa shape index (κ1) is 13.7. The van der Waals surface area contributed by atoms with Crippen molar-refractivity contribution in [3.63, 3.8) is 0 Å². The van der Waals surface area contributed by atoms with E-state index < -0.39 is 0 Å². The summed E-state index contributed by atoms with van der Waals surface area (Å²) < 4.78 is 14.9. The van der Waals surface area contributed by atoms with Gasteiger partial charge in [-0.05, 0) is 43.7 Å². The summed E-state index contributed by atoms with van der Waals surface area (Å²) in [4.78, 5) is 0. The molecule has 0 spiro atoms. The molecule has 0 bridgehead atoms. The van der Waals surface area contributed by atoms with Gasteiger partial charge in [0.2, 0.25) is 0 Å². The zero-order valence-corrected chi connectivity index (χ0v) is 11.4. The van der Waals surface area contributed by atoms with Crippen LogP contribution in [0.15, 0.2) is 36.5 Å². The lowest BCUT2D eigenvalue weighted by Gasteiger charge is -2.19. The summed E-state index contributed by atoms with van der Waals surface area (Å²) in [7, 11) is 0. The largest absolute Gasteiger partial charge is 0.309 e. The predicted molar refractivity (Wildman–Crippen MR) is 74.4 cm³/mol. The third-order valence-electron chi connectivity index (χ3n) is 3.21. The number of hydrogen-bond donors (Lipinski definition) is 1. The summed E-state index contributed by atoms with van der Waals surface area (Å²) in [5, 5.41) is 7.78. The van der Waals surface area contributed by atoms with Crippen molar-refractivity contribution in [1.29, 1.82) is 0 Å². The Kier molecular flexibility index (Phi) is 4.68. The van der Waals surface area contributed by atoms with Gasteiger partial charge in [-0.1, -0.05) is 19.1 Å². The number of likely N-dealkylation sites (N-methyl/N-ethyl adjacent to an activating group) is 1. The average molecular weight is 261 g/mol. The zero-order chi connectivity index (χ0) is 13.7. The lowest BCUT2D eigenvalue weighted by atomic mass is 10.0.